The number of carbonyl (C=O) groups is 1. The van der Waals surface area contributed by atoms with Gasteiger partial charge < -0.3 is 29.9 Å². The first-order valence-corrected chi connectivity index (χ1v) is 25.9. The molecule has 13 heteroatoms. The molecular formula is C53H61N7O5Si. The molecule has 5 N–H and O–H groups in total. The highest BCUT2D eigenvalue weighted by molar-refractivity contribution is 6.74. The van der Waals surface area contributed by atoms with Crippen molar-refractivity contribution in [3.05, 3.63) is 160 Å². The van der Waals surface area contributed by atoms with Crippen LogP contribution in [-0.4, -0.2) is 58.2 Å². The number of pyridine rings is 1. The van der Waals surface area contributed by atoms with E-state index in [4.69, 9.17) is 9.16 Å². The van der Waals surface area contributed by atoms with E-state index in [1.165, 1.54) is 11.6 Å². The van der Waals surface area contributed by atoms with Gasteiger partial charge >= 0.3 is 6.09 Å². The maximum atomic E-state index is 13.4. The van der Waals surface area contributed by atoms with Gasteiger partial charge in [0.25, 0.3) is 0 Å². The number of anilines is 1. The van der Waals surface area contributed by atoms with Gasteiger partial charge in [-0.05, 0) is 102 Å². The van der Waals surface area contributed by atoms with Crippen LogP contribution in [0.15, 0.2) is 132 Å². The number of aromatic hydroxyl groups is 1. The van der Waals surface area contributed by atoms with Crippen molar-refractivity contribution < 1.29 is 19.1 Å². The molecule has 1 aliphatic carbocycles. The predicted octanol–water partition coefficient (Wildman–Crippen LogP) is 10.9. The van der Waals surface area contributed by atoms with Crippen molar-refractivity contribution in [2.45, 2.75) is 102 Å². The number of hydrogen-bond acceptors (Lipinski definition) is 9. The van der Waals surface area contributed by atoms with E-state index < -0.39 is 14.4 Å². The van der Waals surface area contributed by atoms with Gasteiger partial charge in [-0.2, -0.15) is 0 Å². The second-order valence-electron chi connectivity index (χ2n) is 18.8. The first-order valence-electron chi connectivity index (χ1n) is 23.0. The summed E-state index contributed by atoms with van der Waals surface area (Å²) in [6.07, 6.45) is 6.74. The lowest BCUT2D eigenvalue weighted by atomic mass is 9.93. The summed E-state index contributed by atoms with van der Waals surface area (Å²) in [7, 11) is -2.23. The molecule has 0 aliphatic heterocycles. The van der Waals surface area contributed by atoms with E-state index in [0.717, 1.165) is 76.5 Å². The molecule has 1 saturated carbocycles. The quantitative estimate of drug-likeness (QED) is 0.0596. The molecule has 8 rings (SSSR count). The van der Waals surface area contributed by atoms with Crippen LogP contribution in [0, 0.1) is 0 Å². The smallest absolute Gasteiger partial charge is 0.411 e. The molecule has 66 heavy (non-hydrogen) atoms. The number of fused-ring (bicyclic) bond motifs is 2. The Morgan fingerprint density at radius 2 is 1.65 bits per heavy atom. The number of H-pyrrole nitrogens is 1. The third-order valence-corrected chi connectivity index (χ3v) is 17.6. The number of benzene rings is 5. The van der Waals surface area contributed by atoms with E-state index in [9.17, 15) is 14.7 Å². The molecule has 2 aromatic heterocycles. The third-order valence-electron chi connectivity index (χ3n) is 13.1. The van der Waals surface area contributed by atoms with Crippen LogP contribution in [0.2, 0.25) is 18.1 Å². The van der Waals surface area contributed by atoms with Gasteiger partial charge in [0.2, 0.25) is 5.56 Å². The Morgan fingerprint density at radius 3 is 2.41 bits per heavy atom. The number of ether oxygens (including phenoxy) is 1. The maximum absolute atomic E-state index is 13.4. The van der Waals surface area contributed by atoms with E-state index >= 15 is 0 Å². The molecule has 0 bridgehead atoms. The Bertz CT molecular complexity index is 2850. The summed E-state index contributed by atoms with van der Waals surface area (Å²) in [4.78, 5) is 28.3. The average Bonchev–Trinajstić information content (AvgIpc) is 3.71. The van der Waals surface area contributed by atoms with E-state index in [0.29, 0.717) is 36.9 Å². The molecule has 1 fully saturated rings. The zero-order chi connectivity index (χ0) is 46.3. The van der Waals surface area contributed by atoms with E-state index in [1.807, 2.05) is 89.6 Å². The summed E-state index contributed by atoms with van der Waals surface area (Å²) in [5, 5.41) is 30.6. The Hall–Kier alpha value is -6.38. The minimum Gasteiger partial charge on any atom is -0.506 e. The van der Waals surface area contributed by atoms with Gasteiger partial charge in [-0.25, -0.2) is 9.48 Å². The number of aromatic amines is 1. The highest BCUT2D eigenvalue weighted by Crippen LogP contribution is 2.41. The molecule has 0 radical (unpaired) electrons. The number of phenolic OH excluding ortho intramolecular Hbond substituents is 1. The van der Waals surface area contributed by atoms with Crippen LogP contribution in [-0.2, 0) is 28.8 Å². The summed E-state index contributed by atoms with van der Waals surface area (Å²) >= 11 is 0. The Kier molecular flexibility index (Phi) is 14.3. The minimum atomic E-state index is -2.23. The number of carbonyl (C=O) groups excluding carboxylic acids is 1. The SMILES string of the molecule is CC(C)(C)[Si](C)(C)O[C@H](CNCc1ccc2c(c1)nnn2C/C=C/c1ccc(-c2ccccc2)c(NC(=O)OC2CCC(NCc3ccccc3)CC2)c1)c1ccc(O)c2[nH]c(=O)ccc12. The standard InChI is InChI=1S/C53H61N7O5Si/c1-53(2,3)66(4,5)65-49(43-25-28-48(61)51-44(43)26-29-50(62)57-51)35-54-33-38-19-27-47-46(32-38)58-59-60(47)30-12-15-36-18-24-42(39-16-10-7-11-17-39)45(31-36)56-52(63)64-41-22-20-40(21-23-41)55-34-37-13-8-6-9-14-37/h6-19,24-29,31-32,40-41,49,54-55,61H,20-23,30,33-35H2,1-5H3,(H,56,63)(H,57,62)/b15-12+/t40?,41?,49-/m1/s1. The van der Waals surface area contributed by atoms with Gasteiger partial charge in [0.05, 0.1) is 29.4 Å². The zero-order valence-corrected chi connectivity index (χ0v) is 39.5. The molecule has 5 aromatic carbocycles. The van der Waals surface area contributed by atoms with E-state index in [1.54, 1.807) is 12.1 Å². The third kappa shape index (κ3) is 11.3. The molecule has 1 amide bonds. The highest BCUT2D eigenvalue weighted by Gasteiger charge is 2.40. The van der Waals surface area contributed by atoms with Crippen molar-refractivity contribution in [2.75, 3.05) is 11.9 Å². The second-order valence-corrected chi connectivity index (χ2v) is 23.6. The van der Waals surface area contributed by atoms with Crippen molar-refractivity contribution in [1.82, 2.24) is 30.6 Å². The van der Waals surface area contributed by atoms with Crippen molar-refractivity contribution in [3.63, 3.8) is 0 Å². The predicted molar refractivity (Wildman–Crippen MR) is 267 cm³/mol. The van der Waals surface area contributed by atoms with E-state index in [-0.39, 0.29) is 28.6 Å². The molecular weight excluding hydrogens is 843 g/mol. The fourth-order valence-electron chi connectivity index (χ4n) is 8.36. The van der Waals surface area contributed by atoms with Crippen molar-refractivity contribution in [1.29, 1.82) is 0 Å². The largest absolute Gasteiger partial charge is 0.506 e. The van der Waals surface area contributed by atoms with Crippen LogP contribution >= 0.6 is 0 Å². The molecule has 12 nitrogen and oxygen atoms in total. The summed E-state index contributed by atoms with van der Waals surface area (Å²) in [5.74, 6) is 0.0251. The number of amides is 1. The van der Waals surface area contributed by atoms with Gasteiger partial charge in [0.15, 0.2) is 8.32 Å². The summed E-state index contributed by atoms with van der Waals surface area (Å²) < 4.78 is 14.8. The lowest BCUT2D eigenvalue weighted by Gasteiger charge is -2.39. The van der Waals surface area contributed by atoms with E-state index in [2.05, 4.69) is 95.4 Å². The van der Waals surface area contributed by atoms with Crippen molar-refractivity contribution in [2.24, 2.45) is 0 Å². The highest BCUT2D eigenvalue weighted by atomic mass is 28.4. The van der Waals surface area contributed by atoms with Gasteiger partial charge in [-0.15, -0.1) is 5.10 Å². The zero-order valence-electron chi connectivity index (χ0n) is 38.5. The Balaban J connectivity index is 0.898. The normalized spacial score (nSPS) is 16.2. The molecule has 2 heterocycles. The Morgan fingerprint density at radius 1 is 0.894 bits per heavy atom. The summed E-state index contributed by atoms with van der Waals surface area (Å²) in [6.45, 7) is 13.5. The number of nitrogens with zero attached hydrogens (tertiary/aromatic N) is 3. The lowest BCUT2D eigenvalue weighted by molar-refractivity contribution is 0.0790. The molecule has 0 unspecified atom stereocenters. The number of aromatic nitrogens is 4. The van der Waals surface area contributed by atoms with Crippen LogP contribution in [0.4, 0.5) is 10.5 Å². The first kappa shape index (κ1) is 46.2. The van der Waals surface area contributed by atoms with Crippen molar-refractivity contribution in [3.8, 4) is 16.9 Å². The maximum Gasteiger partial charge on any atom is 0.411 e. The van der Waals surface area contributed by atoms with Gasteiger partial charge in [0.1, 0.15) is 17.4 Å². The van der Waals surface area contributed by atoms with Crippen LogP contribution in [0.5, 0.6) is 5.75 Å². The number of rotatable bonds is 16. The Labute approximate surface area is 387 Å². The average molecular weight is 904 g/mol. The fourth-order valence-corrected chi connectivity index (χ4v) is 9.63. The van der Waals surface area contributed by atoms with Gasteiger partial charge in [-0.1, -0.05) is 123 Å². The second kappa shape index (κ2) is 20.4. The summed E-state index contributed by atoms with van der Waals surface area (Å²) in [5.41, 5.74) is 8.59. The van der Waals surface area contributed by atoms with Gasteiger partial charge in [-0.3, -0.25) is 10.1 Å². The number of nitrogens with one attached hydrogen (secondary N) is 4. The molecule has 342 valence electrons. The number of hydrogen-bond donors (Lipinski definition) is 5. The van der Waals surface area contributed by atoms with Crippen LogP contribution in [0.3, 0.4) is 0 Å². The molecule has 0 saturated heterocycles. The number of allylic oxidation sites excluding steroid dienone is 1. The van der Waals surface area contributed by atoms with Crippen LogP contribution in [0.1, 0.15) is 74.8 Å². The molecule has 7 aromatic rings. The number of phenols is 1. The molecule has 1 aliphatic rings. The monoisotopic (exact) mass is 903 g/mol. The topological polar surface area (TPSA) is 155 Å². The fraction of sp³-hybridized carbons (Fsp3) is 0.321. The lowest BCUT2D eigenvalue weighted by Crippen LogP contribution is -2.43. The van der Waals surface area contributed by atoms with Crippen LogP contribution < -0.4 is 21.5 Å². The summed E-state index contributed by atoms with van der Waals surface area (Å²) in [6, 6.07) is 39.8. The molecule has 0 spiro atoms. The first-order chi connectivity index (χ1) is 31.8. The minimum absolute atomic E-state index is 0.0251. The van der Waals surface area contributed by atoms with Crippen molar-refractivity contribution >= 4 is 48.1 Å². The molecule has 1 atom stereocenters. The van der Waals surface area contributed by atoms with Gasteiger partial charge in [0, 0.05) is 42.7 Å². The van der Waals surface area contributed by atoms with Crippen LogP contribution in [0.25, 0.3) is 39.1 Å².